The van der Waals surface area contributed by atoms with Gasteiger partial charge in [-0.05, 0) is 24.5 Å². The molecule has 7 heteroatoms. The van der Waals surface area contributed by atoms with E-state index in [1.807, 2.05) is 13.8 Å². The minimum atomic E-state index is -1.15. The molecule has 0 saturated heterocycles. The fraction of sp³-hybridized carbons (Fsp3) is 0.385. The molecule has 1 aromatic carbocycles. The minimum absolute atomic E-state index is 0.0514. The second kappa shape index (κ2) is 6.92. The Labute approximate surface area is 127 Å². The van der Waals surface area contributed by atoms with E-state index in [4.69, 9.17) is 34.0 Å². The molecule has 0 radical (unpaired) electrons. The first-order valence-electron chi connectivity index (χ1n) is 6.01. The maximum atomic E-state index is 11.9. The van der Waals surface area contributed by atoms with E-state index in [0.29, 0.717) is 6.42 Å². The van der Waals surface area contributed by atoms with Crippen LogP contribution in [0.4, 0.5) is 5.69 Å². The van der Waals surface area contributed by atoms with Crippen molar-refractivity contribution in [1.82, 2.24) is 0 Å². The normalized spacial score (nSPS) is 12.3. The highest BCUT2D eigenvalue weighted by atomic mass is 35.5. The lowest BCUT2D eigenvalue weighted by Gasteiger charge is -2.16. The molecule has 110 valence electrons. The van der Waals surface area contributed by atoms with Crippen molar-refractivity contribution in [2.24, 2.45) is 11.7 Å². The van der Waals surface area contributed by atoms with Crippen LogP contribution >= 0.6 is 23.2 Å². The van der Waals surface area contributed by atoms with Gasteiger partial charge < -0.3 is 16.2 Å². The summed E-state index contributed by atoms with van der Waals surface area (Å²) < 4.78 is 0. The predicted octanol–water partition coefficient (Wildman–Crippen LogP) is 3.00. The van der Waals surface area contributed by atoms with E-state index in [1.165, 1.54) is 12.1 Å². The van der Waals surface area contributed by atoms with Gasteiger partial charge in [0.25, 0.3) is 0 Å². The average Bonchev–Trinajstić information content (AvgIpc) is 2.32. The molecule has 0 aliphatic rings. The van der Waals surface area contributed by atoms with E-state index < -0.39 is 17.9 Å². The van der Waals surface area contributed by atoms with Crippen molar-refractivity contribution < 1.29 is 14.7 Å². The third kappa shape index (κ3) is 4.37. The topological polar surface area (TPSA) is 92.4 Å². The Hall–Kier alpha value is -1.30. The number of carboxylic acid groups (broad SMARTS) is 1. The summed E-state index contributed by atoms with van der Waals surface area (Å²) in [6.07, 6.45) is 0.522. The van der Waals surface area contributed by atoms with Crippen molar-refractivity contribution in [3.05, 3.63) is 27.7 Å². The number of rotatable bonds is 5. The number of anilines is 1. The number of halogens is 2. The molecule has 0 aliphatic heterocycles. The fourth-order valence-electron chi connectivity index (χ4n) is 1.65. The maximum absolute atomic E-state index is 11.9. The monoisotopic (exact) mass is 318 g/mol. The first kappa shape index (κ1) is 16.8. The maximum Gasteiger partial charge on any atom is 0.335 e. The first-order chi connectivity index (χ1) is 9.22. The van der Waals surface area contributed by atoms with Crippen molar-refractivity contribution in [2.75, 3.05) is 5.32 Å². The molecular formula is C13H16Cl2N2O3. The molecule has 20 heavy (non-hydrogen) atoms. The lowest BCUT2D eigenvalue weighted by Crippen LogP contribution is -2.36. The SMILES string of the molecule is CC(C)C[C@@H](N)C(=O)Nc1c(Cl)cc(C(=O)O)cc1Cl. The highest BCUT2D eigenvalue weighted by Crippen LogP contribution is 2.32. The molecule has 0 aliphatic carbocycles. The lowest BCUT2D eigenvalue weighted by atomic mass is 10.0. The van der Waals surface area contributed by atoms with Crippen LogP contribution in [0.2, 0.25) is 10.0 Å². The van der Waals surface area contributed by atoms with Crippen LogP contribution < -0.4 is 11.1 Å². The summed E-state index contributed by atoms with van der Waals surface area (Å²) in [7, 11) is 0. The molecule has 0 unspecified atom stereocenters. The Balaban J connectivity index is 2.93. The van der Waals surface area contributed by atoms with E-state index in [1.54, 1.807) is 0 Å². The standard InChI is InChI=1S/C13H16Cl2N2O3/c1-6(2)3-10(16)12(18)17-11-8(14)4-7(13(19)20)5-9(11)15/h4-6,10H,3,16H2,1-2H3,(H,17,18)(H,19,20)/t10-/m1/s1. The van der Waals surface area contributed by atoms with Gasteiger partial charge >= 0.3 is 5.97 Å². The third-order valence-electron chi connectivity index (χ3n) is 2.60. The minimum Gasteiger partial charge on any atom is -0.478 e. The van der Waals surface area contributed by atoms with E-state index in [0.717, 1.165) is 0 Å². The molecule has 4 N–H and O–H groups in total. The highest BCUT2D eigenvalue weighted by molar-refractivity contribution is 6.40. The molecular weight excluding hydrogens is 303 g/mol. The van der Waals surface area contributed by atoms with Gasteiger partial charge in [0.15, 0.2) is 0 Å². The van der Waals surface area contributed by atoms with Crippen LogP contribution in [0.3, 0.4) is 0 Å². The molecule has 1 atom stereocenters. The lowest BCUT2D eigenvalue weighted by molar-refractivity contribution is -0.117. The van der Waals surface area contributed by atoms with Gasteiger partial charge in [0.2, 0.25) is 5.91 Å². The second-order valence-electron chi connectivity index (χ2n) is 4.85. The number of amides is 1. The number of carbonyl (C=O) groups excluding carboxylic acids is 1. The zero-order valence-electron chi connectivity index (χ0n) is 11.1. The summed E-state index contributed by atoms with van der Waals surface area (Å²) in [6, 6.07) is 1.76. The van der Waals surface area contributed by atoms with Crippen molar-refractivity contribution in [1.29, 1.82) is 0 Å². The molecule has 5 nitrogen and oxygen atoms in total. The summed E-state index contributed by atoms with van der Waals surface area (Å²) >= 11 is 11.9. The summed E-state index contributed by atoms with van der Waals surface area (Å²) in [4.78, 5) is 22.7. The van der Waals surface area contributed by atoms with Crippen LogP contribution in [0.5, 0.6) is 0 Å². The number of hydrogen-bond acceptors (Lipinski definition) is 3. The highest BCUT2D eigenvalue weighted by Gasteiger charge is 2.19. The van der Waals surface area contributed by atoms with Crippen molar-refractivity contribution in [3.8, 4) is 0 Å². The number of aromatic carboxylic acids is 1. The Bertz CT molecular complexity index is 509. The molecule has 1 rings (SSSR count). The molecule has 0 bridgehead atoms. The van der Waals surface area contributed by atoms with Crippen LogP contribution in [0.1, 0.15) is 30.6 Å². The Kier molecular flexibility index (Phi) is 5.80. The van der Waals surface area contributed by atoms with Gasteiger partial charge in [-0.3, -0.25) is 4.79 Å². The van der Waals surface area contributed by atoms with Crippen LogP contribution in [0.25, 0.3) is 0 Å². The number of nitrogens with two attached hydrogens (primary N) is 1. The molecule has 0 spiro atoms. The number of nitrogens with one attached hydrogen (secondary N) is 1. The summed E-state index contributed by atoms with van der Waals surface area (Å²) in [5.41, 5.74) is 5.87. The molecule has 0 heterocycles. The van der Waals surface area contributed by atoms with Gasteiger partial charge in [-0.1, -0.05) is 37.0 Å². The van der Waals surface area contributed by atoms with E-state index in [2.05, 4.69) is 5.32 Å². The first-order valence-corrected chi connectivity index (χ1v) is 6.76. The zero-order valence-corrected chi connectivity index (χ0v) is 12.6. The van der Waals surface area contributed by atoms with Gasteiger partial charge in [-0.25, -0.2) is 4.79 Å². The van der Waals surface area contributed by atoms with Gasteiger partial charge in [-0.15, -0.1) is 0 Å². The smallest absolute Gasteiger partial charge is 0.335 e. The number of hydrogen-bond donors (Lipinski definition) is 3. The summed E-state index contributed by atoms with van der Waals surface area (Å²) in [5.74, 6) is -1.29. The Morgan fingerprint density at radius 1 is 1.30 bits per heavy atom. The van der Waals surface area contributed by atoms with Crippen LogP contribution in [0, 0.1) is 5.92 Å². The molecule has 1 aromatic rings. The summed E-state index contributed by atoms with van der Waals surface area (Å²) in [6.45, 7) is 3.91. The fourth-order valence-corrected chi connectivity index (χ4v) is 2.23. The largest absolute Gasteiger partial charge is 0.478 e. The van der Waals surface area contributed by atoms with Crippen LogP contribution in [-0.2, 0) is 4.79 Å². The van der Waals surface area contributed by atoms with Crippen LogP contribution in [-0.4, -0.2) is 23.0 Å². The zero-order chi connectivity index (χ0) is 15.4. The van der Waals surface area contributed by atoms with Gasteiger partial charge in [0.1, 0.15) is 0 Å². The number of carboxylic acids is 1. The number of benzene rings is 1. The van der Waals surface area contributed by atoms with Gasteiger partial charge in [0.05, 0.1) is 27.3 Å². The van der Waals surface area contributed by atoms with Crippen molar-refractivity contribution in [2.45, 2.75) is 26.3 Å². The Morgan fingerprint density at radius 2 is 1.80 bits per heavy atom. The van der Waals surface area contributed by atoms with Crippen molar-refractivity contribution >= 4 is 40.8 Å². The van der Waals surface area contributed by atoms with E-state index >= 15 is 0 Å². The van der Waals surface area contributed by atoms with Crippen molar-refractivity contribution in [3.63, 3.8) is 0 Å². The van der Waals surface area contributed by atoms with Gasteiger partial charge in [0, 0.05) is 0 Å². The molecule has 1 amide bonds. The third-order valence-corrected chi connectivity index (χ3v) is 3.20. The van der Waals surface area contributed by atoms with E-state index in [-0.39, 0.29) is 27.2 Å². The molecule has 0 fully saturated rings. The second-order valence-corrected chi connectivity index (χ2v) is 5.66. The van der Waals surface area contributed by atoms with E-state index in [9.17, 15) is 9.59 Å². The molecule has 0 aromatic heterocycles. The molecule has 0 saturated carbocycles. The summed E-state index contributed by atoms with van der Waals surface area (Å²) in [5, 5.41) is 11.5. The number of carbonyl (C=O) groups is 2. The average molecular weight is 319 g/mol. The Morgan fingerprint density at radius 3 is 2.20 bits per heavy atom. The predicted molar refractivity (Wildman–Crippen MR) is 79.5 cm³/mol. The van der Waals surface area contributed by atoms with Crippen LogP contribution in [0.15, 0.2) is 12.1 Å². The van der Waals surface area contributed by atoms with Gasteiger partial charge in [-0.2, -0.15) is 0 Å². The quantitative estimate of drug-likeness (QED) is 0.778.